The van der Waals surface area contributed by atoms with Gasteiger partial charge in [0.25, 0.3) is 0 Å². The summed E-state index contributed by atoms with van der Waals surface area (Å²) in [6.07, 6.45) is 1.66. The minimum atomic E-state index is -0.331. The predicted octanol–water partition coefficient (Wildman–Crippen LogP) is 1.52. The standard InChI is InChI=1S/C15H31N3O2/c1-5-17(12(2)3)10-8-16-15(20)18-9-6-7-14(11-18)13(4)19/h12-14,19H,5-11H2,1-4H3,(H,16,20). The van der Waals surface area contributed by atoms with Crippen LogP contribution in [-0.2, 0) is 0 Å². The van der Waals surface area contributed by atoms with Gasteiger partial charge in [0.2, 0.25) is 0 Å². The first kappa shape index (κ1) is 17.2. The molecule has 0 aromatic carbocycles. The van der Waals surface area contributed by atoms with Gasteiger partial charge in [0.1, 0.15) is 0 Å². The number of nitrogens with one attached hydrogen (secondary N) is 1. The zero-order valence-electron chi connectivity index (χ0n) is 13.4. The van der Waals surface area contributed by atoms with Crippen LogP contribution in [-0.4, -0.2) is 65.8 Å². The molecule has 118 valence electrons. The number of aliphatic hydroxyl groups excluding tert-OH is 1. The number of urea groups is 1. The molecule has 1 aliphatic heterocycles. The lowest BCUT2D eigenvalue weighted by molar-refractivity contribution is 0.0737. The molecule has 2 amide bonds. The van der Waals surface area contributed by atoms with E-state index in [-0.39, 0.29) is 18.1 Å². The predicted molar refractivity (Wildman–Crippen MR) is 81.8 cm³/mol. The Bertz CT molecular complexity index is 295. The Morgan fingerprint density at radius 1 is 1.45 bits per heavy atom. The van der Waals surface area contributed by atoms with Gasteiger partial charge in [-0.2, -0.15) is 0 Å². The molecule has 5 nitrogen and oxygen atoms in total. The van der Waals surface area contributed by atoms with E-state index in [1.807, 2.05) is 11.8 Å². The Kier molecular flexibility index (Phi) is 7.30. The molecule has 20 heavy (non-hydrogen) atoms. The molecule has 0 aliphatic carbocycles. The van der Waals surface area contributed by atoms with E-state index in [2.05, 4.69) is 31.0 Å². The van der Waals surface area contributed by atoms with E-state index in [4.69, 9.17) is 0 Å². The van der Waals surface area contributed by atoms with Crippen LogP contribution in [0.25, 0.3) is 0 Å². The van der Waals surface area contributed by atoms with Crippen molar-refractivity contribution in [3.8, 4) is 0 Å². The number of hydrogen-bond donors (Lipinski definition) is 2. The van der Waals surface area contributed by atoms with Gasteiger partial charge in [-0.3, -0.25) is 4.90 Å². The van der Waals surface area contributed by atoms with E-state index in [1.54, 1.807) is 0 Å². The largest absolute Gasteiger partial charge is 0.393 e. The van der Waals surface area contributed by atoms with Crippen molar-refractivity contribution in [1.82, 2.24) is 15.1 Å². The van der Waals surface area contributed by atoms with Gasteiger partial charge in [0.15, 0.2) is 0 Å². The zero-order valence-corrected chi connectivity index (χ0v) is 13.4. The molecule has 0 spiro atoms. The molecule has 0 aromatic heterocycles. The van der Waals surface area contributed by atoms with Gasteiger partial charge in [-0.15, -0.1) is 0 Å². The second-order valence-electron chi connectivity index (χ2n) is 6.04. The Labute approximate surface area is 123 Å². The van der Waals surface area contributed by atoms with E-state index in [0.29, 0.717) is 19.1 Å². The van der Waals surface area contributed by atoms with Gasteiger partial charge in [0, 0.05) is 38.1 Å². The van der Waals surface area contributed by atoms with Gasteiger partial charge in [-0.25, -0.2) is 4.79 Å². The first-order chi connectivity index (χ1) is 9.45. The molecule has 1 saturated heterocycles. The van der Waals surface area contributed by atoms with Crippen molar-refractivity contribution in [2.75, 3.05) is 32.7 Å². The SMILES string of the molecule is CCN(CCNC(=O)N1CCCC(C(C)O)C1)C(C)C. The van der Waals surface area contributed by atoms with E-state index in [0.717, 1.165) is 32.5 Å². The topological polar surface area (TPSA) is 55.8 Å². The van der Waals surface area contributed by atoms with Crippen molar-refractivity contribution in [3.05, 3.63) is 0 Å². The summed E-state index contributed by atoms with van der Waals surface area (Å²) < 4.78 is 0. The van der Waals surface area contributed by atoms with Gasteiger partial charge >= 0.3 is 6.03 Å². The lowest BCUT2D eigenvalue weighted by Crippen LogP contribution is -2.49. The minimum absolute atomic E-state index is 0.00941. The van der Waals surface area contributed by atoms with E-state index in [1.165, 1.54) is 0 Å². The molecular weight excluding hydrogens is 254 g/mol. The third kappa shape index (κ3) is 5.29. The highest BCUT2D eigenvalue weighted by molar-refractivity contribution is 5.74. The maximum absolute atomic E-state index is 12.1. The number of nitrogens with zero attached hydrogens (tertiary/aromatic N) is 2. The van der Waals surface area contributed by atoms with Gasteiger partial charge in [-0.1, -0.05) is 6.92 Å². The first-order valence-corrected chi connectivity index (χ1v) is 7.90. The molecule has 0 saturated carbocycles. The summed E-state index contributed by atoms with van der Waals surface area (Å²) in [5.74, 6) is 0.220. The van der Waals surface area contributed by atoms with E-state index >= 15 is 0 Å². The number of hydrogen-bond acceptors (Lipinski definition) is 3. The molecular formula is C15H31N3O2. The van der Waals surface area contributed by atoms with Crippen molar-refractivity contribution < 1.29 is 9.90 Å². The lowest BCUT2D eigenvalue weighted by Gasteiger charge is -2.34. The summed E-state index contributed by atoms with van der Waals surface area (Å²) >= 11 is 0. The highest BCUT2D eigenvalue weighted by Crippen LogP contribution is 2.19. The molecule has 0 aromatic rings. The number of carbonyl (C=O) groups is 1. The number of amides is 2. The van der Waals surface area contributed by atoms with Crippen LogP contribution in [0.2, 0.25) is 0 Å². The van der Waals surface area contributed by atoms with Crippen LogP contribution in [0.3, 0.4) is 0 Å². The van der Waals surface area contributed by atoms with Crippen molar-refractivity contribution in [2.45, 2.75) is 52.7 Å². The van der Waals surface area contributed by atoms with Crippen LogP contribution in [0.4, 0.5) is 4.79 Å². The smallest absolute Gasteiger partial charge is 0.317 e. The minimum Gasteiger partial charge on any atom is -0.393 e. The molecule has 1 fully saturated rings. The summed E-state index contributed by atoms with van der Waals surface area (Å²) in [5, 5.41) is 12.6. The highest BCUT2D eigenvalue weighted by atomic mass is 16.3. The molecule has 2 N–H and O–H groups in total. The lowest BCUT2D eigenvalue weighted by atomic mass is 9.94. The second-order valence-corrected chi connectivity index (χ2v) is 6.04. The number of rotatable bonds is 6. The third-order valence-corrected chi connectivity index (χ3v) is 4.24. The van der Waals surface area contributed by atoms with E-state index < -0.39 is 0 Å². The first-order valence-electron chi connectivity index (χ1n) is 7.90. The molecule has 2 atom stereocenters. The Hall–Kier alpha value is -0.810. The van der Waals surface area contributed by atoms with Crippen LogP contribution in [0.15, 0.2) is 0 Å². The van der Waals surface area contributed by atoms with Crippen LogP contribution in [0.5, 0.6) is 0 Å². The van der Waals surface area contributed by atoms with Crippen LogP contribution in [0.1, 0.15) is 40.5 Å². The Morgan fingerprint density at radius 3 is 2.70 bits per heavy atom. The second kappa shape index (κ2) is 8.47. The number of likely N-dealkylation sites (N-methyl/N-ethyl adjacent to an activating group) is 1. The fraction of sp³-hybridized carbons (Fsp3) is 0.933. The third-order valence-electron chi connectivity index (χ3n) is 4.24. The molecule has 1 heterocycles. The highest BCUT2D eigenvalue weighted by Gasteiger charge is 2.26. The maximum Gasteiger partial charge on any atom is 0.317 e. The molecule has 2 unspecified atom stereocenters. The van der Waals surface area contributed by atoms with E-state index in [9.17, 15) is 9.90 Å². The summed E-state index contributed by atoms with van der Waals surface area (Å²) in [7, 11) is 0. The van der Waals surface area contributed by atoms with Crippen molar-refractivity contribution in [3.63, 3.8) is 0 Å². The van der Waals surface area contributed by atoms with Crippen LogP contribution >= 0.6 is 0 Å². The van der Waals surface area contributed by atoms with Crippen molar-refractivity contribution in [2.24, 2.45) is 5.92 Å². The Morgan fingerprint density at radius 2 is 2.15 bits per heavy atom. The van der Waals surface area contributed by atoms with Crippen LogP contribution < -0.4 is 5.32 Å². The molecule has 5 heteroatoms. The fourth-order valence-corrected chi connectivity index (χ4v) is 2.79. The zero-order chi connectivity index (χ0) is 15.1. The van der Waals surface area contributed by atoms with Crippen molar-refractivity contribution in [1.29, 1.82) is 0 Å². The average molecular weight is 285 g/mol. The summed E-state index contributed by atoms with van der Waals surface area (Å²) in [4.78, 5) is 16.3. The van der Waals surface area contributed by atoms with Gasteiger partial charge < -0.3 is 15.3 Å². The fourth-order valence-electron chi connectivity index (χ4n) is 2.79. The van der Waals surface area contributed by atoms with Crippen molar-refractivity contribution >= 4 is 6.03 Å². The molecule has 1 rings (SSSR count). The van der Waals surface area contributed by atoms with Gasteiger partial charge in [-0.05, 0) is 40.2 Å². The molecule has 0 radical (unpaired) electrons. The quantitative estimate of drug-likeness (QED) is 0.778. The summed E-state index contributed by atoms with van der Waals surface area (Å²) in [6.45, 7) is 12.3. The summed E-state index contributed by atoms with van der Waals surface area (Å²) in [5.41, 5.74) is 0. The molecule has 1 aliphatic rings. The summed E-state index contributed by atoms with van der Waals surface area (Å²) in [6, 6.07) is 0.515. The number of piperidine rings is 1. The average Bonchev–Trinajstić information content (AvgIpc) is 2.43. The normalized spacial score (nSPS) is 21.4. The molecule has 0 bridgehead atoms. The number of aliphatic hydroxyl groups is 1. The van der Waals surface area contributed by atoms with Gasteiger partial charge in [0.05, 0.1) is 6.10 Å². The maximum atomic E-state index is 12.1. The number of likely N-dealkylation sites (tertiary alicyclic amines) is 1. The number of carbonyl (C=O) groups excluding carboxylic acids is 1. The van der Waals surface area contributed by atoms with Crippen LogP contribution in [0, 0.1) is 5.92 Å². The Balaban J connectivity index is 2.32. The monoisotopic (exact) mass is 285 g/mol.